The van der Waals surface area contributed by atoms with Gasteiger partial charge in [0.15, 0.2) is 0 Å². The van der Waals surface area contributed by atoms with E-state index in [4.69, 9.17) is 9.47 Å². The molecule has 4 atom stereocenters. The lowest BCUT2D eigenvalue weighted by molar-refractivity contribution is -0.123. The summed E-state index contributed by atoms with van der Waals surface area (Å²) in [5.74, 6) is -0.976. The van der Waals surface area contributed by atoms with Crippen LogP contribution in [0, 0.1) is 3.57 Å². The number of nitrogens with one attached hydrogen (secondary N) is 2. The maximum Gasteiger partial charge on any atom is 0.411 e. The number of likely N-dealkylation sites (tertiary alicyclic amines) is 2. The summed E-state index contributed by atoms with van der Waals surface area (Å²) in [4.78, 5) is 56.8. The quantitative estimate of drug-likeness (QED) is 0.177. The summed E-state index contributed by atoms with van der Waals surface area (Å²) in [7, 11) is 0. The van der Waals surface area contributed by atoms with Gasteiger partial charge in [-0.1, -0.05) is 49.5 Å². The molecule has 3 aromatic carbocycles. The first kappa shape index (κ1) is 41.6. The lowest BCUT2D eigenvalue weighted by atomic mass is 10.1. The van der Waals surface area contributed by atoms with Gasteiger partial charge < -0.3 is 35.2 Å². The number of aliphatic hydroxyl groups excluding tert-OH is 2. The first-order valence-electron chi connectivity index (χ1n) is 18.3. The molecule has 0 aromatic heterocycles. The molecule has 55 heavy (non-hydrogen) atoms. The molecular formula is C41H52IN5O8. The summed E-state index contributed by atoms with van der Waals surface area (Å²) in [5, 5.41) is 26.8. The Kier molecular flexibility index (Phi) is 13.2. The Labute approximate surface area is 332 Å². The molecule has 2 saturated heterocycles. The number of carbonyl (C=O) groups excluding carboxylic acids is 4. The third-order valence-electron chi connectivity index (χ3n) is 9.06. The van der Waals surface area contributed by atoms with Crippen LogP contribution in [0.15, 0.2) is 72.8 Å². The van der Waals surface area contributed by atoms with Gasteiger partial charge in [0.05, 0.1) is 12.2 Å². The number of anilines is 3. The molecular weight excluding hydrogens is 817 g/mol. The minimum Gasteiger partial charge on any atom is -0.444 e. The van der Waals surface area contributed by atoms with Crippen molar-refractivity contribution >= 4 is 66.3 Å². The summed E-state index contributed by atoms with van der Waals surface area (Å²) in [6.45, 7) is 12.0. The van der Waals surface area contributed by atoms with Crippen LogP contribution < -0.4 is 15.5 Å². The normalized spacial score (nSPS) is 19.9. The van der Waals surface area contributed by atoms with Crippen molar-refractivity contribution in [3.63, 3.8) is 0 Å². The maximum absolute atomic E-state index is 13.3. The standard InChI is InChI=1S/C41H52IN5O8/c1-40(2,3)54-38(52)46-22-20-32(48)34(46)36(50)43-29-14-8-26(9-15-29)24-45(31-18-12-28(42-7)13-19-31)25-27-10-16-30(17-11-27)44-37(51)35-33(49)21-23-47(35)39(53)55-41(4,5)6/h8-19,32-35,48-49H,7,20-25H2,1-6H3,(H,43,50)(H,44,51)/t32-,33-,34-,35?/m0/s1. The van der Waals surface area contributed by atoms with E-state index >= 15 is 0 Å². The fraction of sp³-hybridized carbons (Fsp3) is 0.439. The second kappa shape index (κ2) is 17.5. The van der Waals surface area contributed by atoms with Crippen LogP contribution in [-0.4, -0.2) is 97.1 Å². The molecule has 4 N–H and O–H groups in total. The van der Waals surface area contributed by atoms with Gasteiger partial charge in [0, 0.05) is 46.8 Å². The predicted molar refractivity (Wildman–Crippen MR) is 221 cm³/mol. The molecule has 13 nitrogen and oxygen atoms in total. The van der Waals surface area contributed by atoms with Crippen LogP contribution >= 0.6 is 20.7 Å². The highest BCUT2D eigenvalue weighted by Gasteiger charge is 2.44. The molecule has 0 aliphatic carbocycles. The van der Waals surface area contributed by atoms with Gasteiger partial charge in [-0.25, -0.2) is 9.59 Å². The minimum absolute atomic E-state index is 0.219. The Bertz CT molecular complexity index is 1730. The smallest absolute Gasteiger partial charge is 0.411 e. The van der Waals surface area contributed by atoms with Gasteiger partial charge >= 0.3 is 12.2 Å². The Balaban J connectivity index is 1.25. The van der Waals surface area contributed by atoms with Crippen LogP contribution in [0.3, 0.4) is 0 Å². The van der Waals surface area contributed by atoms with Gasteiger partial charge in [0.25, 0.3) is 0 Å². The monoisotopic (exact) mass is 869 g/mol. The highest BCUT2D eigenvalue weighted by Crippen LogP contribution is 2.27. The number of amides is 4. The molecule has 0 bridgehead atoms. The van der Waals surface area contributed by atoms with Crippen LogP contribution in [0.1, 0.15) is 65.5 Å². The van der Waals surface area contributed by atoms with Crippen molar-refractivity contribution in [3.8, 4) is 0 Å². The Morgan fingerprint density at radius 1 is 0.691 bits per heavy atom. The van der Waals surface area contributed by atoms with E-state index in [0.717, 1.165) is 16.8 Å². The number of nitrogens with zero attached hydrogens (tertiary/aromatic N) is 3. The van der Waals surface area contributed by atoms with Crippen LogP contribution in [0.5, 0.6) is 0 Å². The lowest BCUT2D eigenvalue weighted by Crippen LogP contribution is -2.49. The van der Waals surface area contributed by atoms with Gasteiger partial charge in [0.1, 0.15) is 23.3 Å². The fourth-order valence-electron chi connectivity index (χ4n) is 6.48. The number of hydrogen-bond acceptors (Lipinski definition) is 9. The topological polar surface area (TPSA) is 161 Å². The average Bonchev–Trinajstić information content (AvgIpc) is 3.70. The second-order valence-electron chi connectivity index (χ2n) is 15.8. The largest absolute Gasteiger partial charge is 0.444 e. The zero-order valence-electron chi connectivity index (χ0n) is 32.3. The van der Waals surface area contributed by atoms with E-state index < -0.39 is 59.5 Å². The molecule has 5 rings (SSSR count). The van der Waals surface area contributed by atoms with E-state index in [2.05, 4.69) is 44.3 Å². The zero-order chi connectivity index (χ0) is 40.1. The second-order valence-corrected chi connectivity index (χ2v) is 17.8. The molecule has 2 aliphatic rings. The number of carbonyl (C=O) groups is 4. The summed E-state index contributed by atoms with van der Waals surface area (Å²) in [5.41, 5.74) is 2.57. The first-order chi connectivity index (χ1) is 25.9. The van der Waals surface area contributed by atoms with Crippen molar-refractivity contribution in [3.05, 3.63) is 87.5 Å². The first-order valence-corrected chi connectivity index (χ1v) is 20.9. The van der Waals surface area contributed by atoms with E-state index in [1.807, 2.05) is 24.3 Å². The molecule has 4 amide bonds. The summed E-state index contributed by atoms with van der Waals surface area (Å²) in [6, 6.07) is 21.1. The highest BCUT2D eigenvalue weighted by molar-refractivity contribution is 14.2. The number of aliphatic hydroxyl groups is 2. The van der Waals surface area contributed by atoms with Crippen molar-refractivity contribution in [1.82, 2.24) is 9.80 Å². The number of hydrogen-bond donors (Lipinski definition) is 4. The SMILES string of the molecule is C=Ic1ccc(N(Cc2ccc(NC(=O)C3[C@@H](O)CCN3C(=O)OC(C)(C)C)cc2)Cc2ccc(NC(=O)[C@@H]3[C@@H](O)CCN3C(=O)OC(C)(C)C)cc2)cc1. The fourth-order valence-corrected chi connectivity index (χ4v) is 7.34. The van der Waals surface area contributed by atoms with Crippen molar-refractivity contribution in [2.45, 2.75) is 103 Å². The summed E-state index contributed by atoms with van der Waals surface area (Å²) in [6.07, 6.45) is -2.73. The Hall–Kier alpha value is -4.54. The zero-order valence-corrected chi connectivity index (χ0v) is 34.4. The predicted octanol–water partition coefficient (Wildman–Crippen LogP) is 6.08. The molecule has 0 saturated carbocycles. The van der Waals surface area contributed by atoms with Crippen LogP contribution in [-0.2, 0) is 32.2 Å². The number of ether oxygens (including phenoxy) is 2. The van der Waals surface area contributed by atoms with E-state index in [1.54, 1.807) is 65.8 Å². The van der Waals surface area contributed by atoms with Crippen LogP contribution in [0.2, 0.25) is 0 Å². The Morgan fingerprint density at radius 2 is 1.07 bits per heavy atom. The number of halogens is 1. The van der Waals surface area contributed by atoms with Crippen molar-refractivity contribution in [1.29, 1.82) is 0 Å². The maximum atomic E-state index is 13.3. The third-order valence-corrected chi connectivity index (χ3v) is 10.7. The molecule has 1 unspecified atom stereocenters. The minimum atomic E-state index is -1.06. The van der Waals surface area contributed by atoms with Crippen LogP contribution in [0.25, 0.3) is 0 Å². The average molecular weight is 870 g/mol. The third kappa shape index (κ3) is 11.3. The van der Waals surface area contributed by atoms with E-state index in [1.165, 1.54) is 13.4 Å². The highest BCUT2D eigenvalue weighted by atomic mass is 127. The van der Waals surface area contributed by atoms with Crippen molar-refractivity contribution in [2.24, 2.45) is 0 Å². The van der Waals surface area contributed by atoms with Crippen LogP contribution in [0.4, 0.5) is 26.7 Å². The molecule has 2 heterocycles. The number of benzene rings is 3. The lowest BCUT2D eigenvalue weighted by Gasteiger charge is -2.29. The molecule has 296 valence electrons. The molecule has 14 heteroatoms. The van der Waals surface area contributed by atoms with E-state index in [0.29, 0.717) is 24.5 Å². The van der Waals surface area contributed by atoms with Gasteiger partial charge in [-0.15, -0.1) is 0 Å². The summed E-state index contributed by atoms with van der Waals surface area (Å²) >= 11 is -0.311. The van der Waals surface area contributed by atoms with Gasteiger partial charge in [-0.3, -0.25) is 19.4 Å². The van der Waals surface area contributed by atoms with Gasteiger partial charge in [-0.05, 0) is 114 Å². The van der Waals surface area contributed by atoms with Crippen molar-refractivity contribution < 1.29 is 38.9 Å². The van der Waals surface area contributed by atoms with Gasteiger partial charge in [-0.2, -0.15) is 0 Å². The molecule has 2 aliphatic heterocycles. The molecule has 3 aromatic rings. The number of rotatable bonds is 10. The molecule has 2 fully saturated rings. The van der Waals surface area contributed by atoms with Gasteiger partial charge in [0.2, 0.25) is 11.8 Å². The Morgan fingerprint density at radius 3 is 1.42 bits per heavy atom. The van der Waals surface area contributed by atoms with Crippen molar-refractivity contribution in [2.75, 3.05) is 28.6 Å². The van der Waals surface area contributed by atoms with E-state index in [-0.39, 0.29) is 46.7 Å². The van der Waals surface area contributed by atoms with E-state index in [9.17, 15) is 29.4 Å². The molecule has 0 spiro atoms. The molecule has 0 radical (unpaired) electrons. The summed E-state index contributed by atoms with van der Waals surface area (Å²) < 4.78 is 16.2.